The van der Waals surface area contributed by atoms with Crippen LogP contribution in [-0.4, -0.2) is 11.0 Å². The van der Waals surface area contributed by atoms with Crippen molar-refractivity contribution in [3.05, 3.63) is 29.3 Å². The molecular weight excluding hydrogens is 274 g/mol. The number of nitrogens with one attached hydrogen (secondary N) is 1. The Morgan fingerprint density at radius 2 is 1.82 bits per heavy atom. The molecule has 0 aliphatic heterocycles. The van der Waals surface area contributed by atoms with Gasteiger partial charge in [-0.2, -0.15) is 0 Å². The maximum Gasteiger partial charge on any atom is 0.220 e. The molecule has 124 valence electrons. The van der Waals surface area contributed by atoms with E-state index in [1.807, 2.05) is 19.1 Å². The van der Waals surface area contributed by atoms with E-state index >= 15 is 0 Å². The van der Waals surface area contributed by atoms with Gasteiger partial charge in [0, 0.05) is 13.0 Å². The van der Waals surface area contributed by atoms with Crippen LogP contribution < -0.4 is 5.32 Å². The summed E-state index contributed by atoms with van der Waals surface area (Å²) in [6.45, 7) is 6.92. The molecule has 1 rings (SSSR count). The molecule has 3 nitrogen and oxygen atoms in total. The molecular formula is C19H31NO2. The zero-order valence-electron chi connectivity index (χ0n) is 14.3. The molecule has 0 saturated carbocycles. The lowest BCUT2D eigenvalue weighted by Gasteiger charge is -2.07. The average Bonchev–Trinajstić information content (AvgIpc) is 2.47. The van der Waals surface area contributed by atoms with Gasteiger partial charge < -0.3 is 10.4 Å². The van der Waals surface area contributed by atoms with Crippen LogP contribution in [0.1, 0.15) is 69.9 Å². The number of aryl methyl sites for hydroxylation is 1. The van der Waals surface area contributed by atoms with Crippen molar-refractivity contribution in [2.75, 3.05) is 0 Å². The molecule has 0 atom stereocenters. The minimum absolute atomic E-state index is 0.118. The zero-order valence-corrected chi connectivity index (χ0v) is 14.3. The normalized spacial score (nSPS) is 10.9. The molecule has 0 radical (unpaired) electrons. The van der Waals surface area contributed by atoms with Gasteiger partial charge >= 0.3 is 0 Å². The van der Waals surface area contributed by atoms with Crippen molar-refractivity contribution in [3.8, 4) is 5.75 Å². The van der Waals surface area contributed by atoms with Gasteiger partial charge in [-0.25, -0.2) is 0 Å². The molecule has 2 N–H and O–H groups in total. The van der Waals surface area contributed by atoms with Gasteiger partial charge in [-0.3, -0.25) is 4.79 Å². The number of hydrogen-bond acceptors (Lipinski definition) is 2. The highest BCUT2D eigenvalue weighted by molar-refractivity contribution is 5.75. The number of aromatic hydroxyl groups is 1. The first kappa shape index (κ1) is 18.5. The third-order valence-corrected chi connectivity index (χ3v) is 3.94. The summed E-state index contributed by atoms with van der Waals surface area (Å²) in [6.07, 6.45) is 7.87. The van der Waals surface area contributed by atoms with Crippen LogP contribution in [0.2, 0.25) is 0 Å². The predicted octanol–water partition coefficient (Wildman–Crippen LogP) is 4.70. The molecule has 1 aromatic rings. The van der Waals surface area contributed by atoms with Crippen molar-refractivity contribution in [3.63, 3.8) is 0 Å². The van der Waals surface area contributed by atoms with Crippen LogP contribution in [0.15, 0.2) is 18.2 Å². The quantitative estimate of drug-likeness (QED) is 0.615. The van der Waals surface area contributed by atoms with Crippen LogP contribution in [0.3, 0.4) is 0 Å². The molecule has 1 amide bonds. The lowest BCUT2D eigenvalue weighted by molar-refractivity contribution is -0.121. The standard InChI is InChI=1S/C19H31NO2/c1-15(2)9-7-5-4-6-8-10-19(22)20-14-17-11-12-18(21)16(3)13-17/h11-13,15,21H,4-10,14H2,1-3H3,(H,20,22). The van der Waals surface area contributed by atoms with Gasteiger partial charge in [-0.15, -0.1) is 0 Å². The summed E-state index contributed by atoms with van der Waals surface area (Å²) >= 11 is 0. The number of unbranched alkanes of at least 4 members (excludes halogenated alkanes) is 4. The third kappa shape index (κ3) is 8.06. The Balaban J connectivity index is 2.07. The fraction of sp³-hybridized carbons (Fsp3) is 0.632. The van der Waals surface area contributed by atoms with E-state index in [1.165, 1.54) is 25.7 Å². The molecule has 0 saturated heterocycles. The van der Waals surface area contributed by atoms with E-state index in [1.54, 1.807) is 6.07 Å². The van der Waals surface area contributed by atoms with Crippen molar-refractivity contribution >= 4 is 5.91 Å². The van der Waals surface area contributed by atoms with Crippen LogP contribution in [-0.2, 0) is 11.3 Å². The van der Waals surface area contributed by atoms with Gasteiger partial charge in [0.25, 0.3) is 0 Å². The molecule has 3 heteroatoms. The van der Waals surface area contributed by atoms with Crippen molar-refractivity contribution in [1.29, 1.82) is 0 Å². The van der Waals surface area contributed by atoms with E-state index in [2.05, 4.69) is 19.2 Å². The lowest BCUT2D eigenvalue weighted by Crippen LogP contribution is -2.22. The molecule has 0 bridgehead atoms. The van der Waals surface area contributed by atoms with Gasteiger partial charge in [-0.1, -0.05) is 58.1 Å². The van der Waals surface area contributed by atoms with Crippen molar-refractivity contribution < 1.29 is 9.90 Å². The molecule has 0 aliphatic rings. The maximum atomic E-state index is 11.8. The molecule has 0 aliphatic carbocycles. The average molecular weight is 305 g/mol. The Hall–Kier alpha value is -1.51. The Kier molecular flexibility index (Phi) is 8.64. The SMILES string of the molecule is Cc1cc(CNC(=O)CCCCCCCC(C)C)ccc1O. The van der Waals surface area contributed by atoms with Crippen LogP contribution >= 0.6 is 0 Å². The number of phenolic OH excluding ortho intramolecular Hbond substituents is 1. The van der Waals surface area contributed by atoms with E-state index in [0.717, 1.165) is 29.9 Å². The number of rotatable bonds is 10. The van der Waals surface area contributed by atoms with Crippen LogP contribution in [0, 0.1) is 12.8 Å². The molecule has 22 heavy (non-hydrogen) atoms. The van der Waals surface area contributed by atoms with E-state index in [9.17, 15) is 9.90 Å². The van der Waals surface area contributed by atoms with E-state index in [0.29, 0.717) is 18.7 Å². The van der Waals surface area contributed by atoms with Gasteiger partial charge in [-0.05, 0) is 36.5 Å². The second kappa shape index (κ2) is 10.3. The summed E-state index contributed by atoms with van der Waals surface area (Å²) in [7, 11) is 0. The minimum atomic E-state index is 0.118. The van der Waals surface area contributed by atoms with Gasteiger partial charge in [0.1, 0.15) is 5.75 Å². The Labute approximate surface area is 135 Å². The summed E-state index contributed by atoms with van der Waals surface area (Å²) in [5.41, 5.74) is 1.87. The van der Waals surface area contributed by atoms with Crippen LogP contribution in [0.4, 0.5) is 0 Å². The highest BCUT2D eigenvalue weighted by Crippen LogP contribution is 2.16. The number of hydrogen-bond donors (Lipinski definition) is 2. The van der Waals surface area contributed by atoms with Crippen LogP contribution in [0.25, 0.3) is 0 Å². The summed E-state index contributed by atoms with van der Waals surface area (Å²) in [4.78, 5) is 11.8. The predicted molar refractivity (Wildman–Crippen MR) is 91.8 cm³/mol. The number of amides is 1. The summed E-state index contributed by atoms with van der Waals surface area (Å²) in [6, 6.07) is 5.43. The first-order chi connectivity index (χ1) is 10.5. The van der Waals surface area contributed by atoms with Gasteiger partial charge in [0.05, 0.1) is 0 Å². The van der Waals surface area contributed by atoms with E-state index < -0.39 is 0 Å². The molecule has 0 aromatic heterocycles. The first-order valence-electron chi connectivity index (χ1n) is 8.54. The first-order valence-corrected chi connectivity index (χ1v) is 8.54. The summed E-state index contributed by atoms with van der Waals surface area (Å²) < 4.78 is 0. The zero-order chi connectivity index (χ0) is 16.4. The minimum Gasteiger partial charge on any atom is -0.508 e. The molecule has 0 spiro atoms. The third-order valence-electron chi connectivity index (χ3n) is 3.94. The monoisotopic (exact) mass is 305 g/mol. The Bertz CT molecular complexity index is 455. The number of phenols is 1. The molecule has 1 aromatic carbocycles. The Morgan fingerprint density at radius 1 is 1.14 bits per heavy atom. The summed E-state index contributed by atoms with van der Waals surface area (Å²) in [5, 5.41) is 12.4. The van der Waals surface area contributed by atoms with E-state index in [4.69, 9.17) is 0 Å². The number of carbonyl (C=O) groups excluding carboxylic acids is 1. The van der Waals surface area contributed by atoms with E-state index in [-0.39, 0.29) is 5.91 Å². The Morgan fingerprint density at radius 3 is 2.50 bits per heavy atom. The number of benzene rings is 1. The maximum absolute atomic E-state index is 11.8. The second-order valence-corrected chi connectivity index (χ2v) is 6.60. The lowest BCUT2D eigenvalue weighted by atomic mass is 10.0. The van der Waals surface area contributed by atoms with Gasteiger partial charge in [0.2, 0.25) is 5.91 Å². The highest BCUT2D eigenvalue weighted by Gasteiger charge is 2.03. The fourth-order valence-corrected chi connectivity index (χ4v) is 2.49. The van der Waals surface area contributed by atoms with Crippen molar-refractivity contribution in [1.82, 2.24) is 5.32 Å². The highest BCUT2D eigenvalue weighted by atomic mass is 16.3. The second-order valence-electron chi connectivity index (χ2n) is 6.60. The molecule has 0 unspecified atom stereocenters. The van der Waals surface area contributed by atoms with Crippen LogP contribution in [0.5, 0.6) is 5.75 Å². The van der Waals surface area contributed by atoms with Gasteiger partial charge in [0.15, 0.2) is 0 Å². The smallest absolute Gasteiger partial charge is 0.220 e. The summed E-state index contributed by atoms with van der Waals surface area (Å²) in [5.74, 6) is 1.22. The van der Waals surface area contributed by atoms with Crippen molar-refractivity contribution in [2.24, 2.45) is 5.92 Å². The molecule has 0 fully saturated rings. The fourth-order valence-electron chi connectivity index (χ4n) is 2.49. The topological polar surface area (TPSA) is 49.3 Å². The number of carbonyl (C=O) groups is 1. The largest absolute Gasteiger partial charge is 0.508 e. The van der Waals surface area contributed by atoms with Crippen molar-refractivity contribution in [2.45, 2.75) is 72.3 Å². The molecule has 0 heterocycles.